The molecular formula is C14H27ClN2O2. The summed E-state index contributed by atoms with van der Waals surface area (Å²) >= 11 is 0. The molecular weight excluding hydrogens is 264 g/mol. The van der Waals surface area contributed by atoms with Crippen LogP contribution in [0.1, 0.15) is 45.4 Å². The number of carbonyl (C=O) groups excluding carboxylic acids is 1. The van der Waals surface area contributed by atoms with Crippen LogP contribution in [0.3, 0.4) is 0 Å². The van der Waals surface area contributed by atoms with Gasteiger partial charge in [-0.1, -0.05) is 6.42 Å². The fourth-order valence-corrected chi connectivity index (χ4v) is 3.11. The van der Waals surface area contributed by atoms with Crippen LogP contribution < -0.4 is 5.73 Å². The highest BCUT2D eigenvalue weighted by molar-refractivity contribution is 5.85. The van der Waals surface area contributed by atoms with Crippen molar-refractivity contribution in [1.29, 1.82) is 0 Å². The van der Waals surface area contributed by atoms with E-state index in [2.05, 4.69) is 0 Å². The minimum atomic E-state index is 0. The highest BCUT2D eigenvalue weighted by Crippen LogP contribution is 2.27. The van der Waals surface area contributed by atoms with Crippen molar-refractivity contribution in [3.05, 3.63) is 0 Å². The first kappa shape index (κ1) is 16.7. The van der Waals surface area contributed by atoms with Gasteiger partial charge in [-0.25, -0.2) is 0 Å². The molecule has 1 unspecified atom stereocenters. The van der Waals surface area contributed by atoms with Gasteiger partial charge in [-0.15, -0.1) is 12.4 Å². The van der Waals surface area contributed by atoms with Crippen LogP contribution in [-0.4, -0.2) is 42.6 Å². The van der Waals surface area contributed by atoms with Gasteiger partial charge in [0.05, 0.1) is 6.10 Å². The molecule has 112 valence electrons. The van der Waals surface area contributed by atoms with Crippen molar-refractivity contribution < 1.29 is 9.53 Å². The number of nitrogens with two attached hydrogens (primary N) is 1. The Balaban J connectivity index is 0.00000180. The Kier molecular flexibility index (Phi) is 7.11. The third-order valence-electron chi connectivity index (χ3n) is 4.34. The predicted octanol–water partition coefficient (Wildman–Crippen LogP) is 1.95. The van der Waals surface area contributed by atoms with Crippen molar-refractivity contribution in [2.24, 2.45) is 11.7 Å². The molecule has 19 heavy (non-hydrogen) atoms. The molecule has 4 nitrogen and oxygen atoms in total. The number of rotatable bonds is 5. The van der Waals surface area contributed by atoms with Crippen LogP contribution in [0.15, 0.2) is 0 Å². The Labute approximate surface area is 122 Å². The van der Waals surface area contributed by atoms with Crippen LogP contribution in [0.25, 0.3) is 0 Å². The Bertz CT molecular complexity index is 283. The number of halogens is 1. The molecule has 1 heterocycles. The van der Waals surface area contributed by atoms with Gasteiger partial charge in [0.15, 0.2) is 0 Å². The topological polar surface area (TPSA) is 55.6 Å². The van der Waals surface area contributed by atoms with E-state index in [1.807, 2.05) is 11.8 Å². The van der Waals surface area contributed by atoms with Crippen molar-refractivity contribution in [2.45, 2.75) is 57.6 Å². The van der Waals surface area contributed by atoms with Gasteiger partial charge < -0.3 is 15.4 Å². The summed E-state index contributed by atoms with van der Waals surface area (Å²) < 4.78 is 5.61. The minimum Gasteiger partial charge on any atom is -0.376 e. The molecule has 1 aliphatic heterocycles. The summed E-state index contributed by atoms with van der Waals surface area (Å²) in [4.78, 5) is 14.2. The molecule has 5 heteroatoms. The molecule has 1 saturated carbocycles. The molecule has 0 aromatic heterocycles. The van der Waals surface area contributed by atoms with E-state index in [0.717, 1.165) is 45.4 Å². The smallest absolute Gasteiger partial charge is 0.222 e. The van der Waals surface area contributed by atoms with Crippen molar-refractivity contribution in [1.82, 2.24) is 4.90 Å². The number of carbonyl (C=O) groups is 1. The van der Waals surface area contributed by atoms with Crippen LogP contribution >= 0.6 is 12.4 Å². The highest BCUT2D eigenvalue weighted by Gasteiger charge is 2.28. The van der Waals surface area contributed by atoms with Crippen LogP contribution in [0.4, 0.5) is 0 Å². The summed E-state index contributed by atoms with van der Waals surface area (Å²) in [5.74, 6) is 0.659. The lowest BCUT2D eigenvalue weighted by Crippen LogP contribution is -2.39. The van der Waals surface area contributed by atoms with Crippen LogP contribution in [0, 0.1) is 5.92 Å². The SMILES string of the molecule is CCN(CC1CCCO1)C(=O)C[C@@H]1CCC[C@H]1N.Cl. The Morgan fingerprint density at radius 3 is 2.63 bits per heavy atom. The van der Waals surface area contributed by atoms with Gasteiger partial charge >= 0.3 is 0 Å². The zero-order valence-corrected chi connectivity index (χ0v) is 12.7. The molecule has 3 atom stereocenters. The summed E-state index contributed by atoms with van der Waals surface area (Å²) in [5, 5.41) is 0. The first-order valence-corrected chi connectivity index (χ1v) is 7.35. The molecule has 0 radical (unpaired) electrons. The van der Waals surface area contributed by atoms with Crippen molar-refractivity contribution in [3.63, 3.8) is 0 Å². The van der Waals surface area contributed by atoms with Crippen LogP contribution in [0.2, 0.25) is 0 Å². The molecule has 2 N–H and O–H groups in total. The third-order valence-corrected chi connectivity index (χ3v) is 4.34. The standard InChI is InChI=1S/C14H26N2O2.ClH/c1-2-16(10-12-6-4-8-18-12)14(17)9-11-5-3-7-13(11)15;/h11-13H,2-10,15H2,1H3;1H/t11-,12?,13+;/m0./s1. The average molecular weight is 291 g/mol. The van der Waals surface area contributed by atoms with Gasteiger partial charge in [0, 0.05) is 32.2 Å². The maximum atomic E-state index is 12.3. The zero-order valence-electron chi connectivity index (χ0n) is 11.8. The summed E-state index contributed by atoms with van der Waals surface area (Å²) in [5.41, 5.74) is 6.04. The lowest BCUT2D eigenvalue weighted by atomic mass is 9.99. The summed E-state index contributed by atoms with van der Waals surface area (Å²) in [6, 6.07) is 0.232. The van der Waals surface area contributed by atoms with Gasteiger partial charge in [0.2, 0.25) is 5.91 Å². The number of hydrogen-bond donors (Lipinski definition) is 1. The van der Waals surface area contributed by atoms with E-state index in [9.17, 15) is 4.79 Å². The maximum Gasteiger partial charge on any atom is 0.222 e. The summed E-state index contributed by atoms with van der Waals surface area (Å²) in [6.45, 7) is 4.43. The number of hydrogen-bond acceptors (Lipinski definition) is 3. The van der Waals surface area contributed by atoms with Crippen LogP contribution in [-0.2, 0) is 9.53 Å². The monoisotopic (exact) mass is 290 g/mol. The predicted molar refractivity (Wildman–Crippen MR) is 78.4 cm³/mol. The second kappa shape index (κ2) is 8.08. The fourth-order valence-electron chi connectivity index (χ4n) is 3.11. The van der Waals surface area contributed by atoms with E-state index in [0.29, 0.717) is 12.3 Å². The van der Waals surface area contributed by atoms with Crippen molar-refractivity contribution >= 4 is 18.3 Å². The fraction of sp³-hybridized carbons (Fsp3) is 0.929. The average Bonchev–Trinajstić information content (AvgIpc) is 2.99. The minimum absolute atomic E-state index is 0. The van der Waals surface area contributed by atoms with Crippen LogP contribution in [0.5, 0.6) is 0 Å². The van der Waals surface area contributed by atoms with Crippen molar-refractivity contribution in [3.8, 4) is 0 Å². The molecule has 1 amide bonds. The zero-order chi connectivity index (χ0) is 13.0. The van der Waals surface area contributed by atoms with Crippen molar-refractivity contribution in [2.75, 3.05) is 19.7 Å². The lowest BCUT2D eigenvalue weighted by molar-refractivity contribution is -0.133. The highest BCUT2D eigenvalue weighted by atomic mass is 35.5. The Morgan fingerprint density at radius 1 is 1.32 bits per heavy atom. The molecule has 2 fully saturated rings. The quantitative estimate of drug-likeness (QED) is 0.842. The summed E-state index contributed by atoms with van der Waals surface area (Å²) in [6.07, 6.45) is 6.47. The van der Waals surface area contributed by atoms with E-state index in [1.54, 1.807) is 0 Å². The molecule has 0 bridgehead atoms. The van der Waals surface area contributed by atoms with E-state index in [4.69, 9.17) is 10.5 Å². The Morgan fingerprint density at radius 2 is 2.11 bits per heavy atom. The molecule has 0 aromatic carbocycles. The van der Waals surface area contributed by atoms with E-state index < -0.39 is 0 Å². The van der Waals surface area contributed by atoms with Gasteiger partial charge in [-0.3, -0.25) is 4.79 Å². The molecule has 2 aliphatic rings. The molecule has 1 aliphatic carbocycles. The van der Waals surface area contributed by atoms with Gasteiger partial charge in [-0.2, -0.15) is 0 Å². The first-order chi connectivity index (χ1) is 8.70. The lowest BCUT2D eigenvalue weighted by Gasteiger charge is -2.26. The number of ether oxygens (including phenoxy) is 1. The molecule has 0 spiro atoms. The molecule has 0 aromatic rings. The molecule has 1 saturated heterocycles. The third kappa shape index (κ3) is 4.62. The molecule has 2 rings (SSSR count). The number of nitrogens with zero attached hydrogens (tertiary/aromatic N) is 1. The normalized spacial score (nSPS) is 30.1. The van der Waals surface area contributed by atoms with E-state index in [1.165, 1.54) is 6.42 Å². The van der Waals surface area contributed by atoms with E-state index in [-0.39, 0.29) is 30.5 Å². The second-order valence-electron chi connectivity index (χ2n) is 5.63. The number of likely N-dealkylation sites (N-methyl/N-ethyl adjacent to an activating group) is 1. The second-order valence-corrected chi connectivity index (χ2v) is 5.63. The van der Waals surface area contributed by atoms with E-state index >= 15 is 0 Å². The van der Waals surface area contributed by atoms with Gasteiger partial charge in [0.1, 0.15) is 0 Å². The van der Waals surface area contributed by atoms with Gasteiger partial charge in [-0.05, 0) is 38.5 Å². The number of amides is 1. The maximum absolute atomic E-state index is 12.3. The Hall–Kier alpha value is -0.320. The largest absolute Gasteiger partial charge is 0.376 e. The van der Waals surface area contributed by atoms with Gasteiger partial charge in [0.25, 0.3) is 0 Å². The summed E-state index contributed by atoms with van der Waals surface area (Å²) in [7, 11) is 0. The first-order valence-electron chi connectivity index (χ1n) is 7.35.